The van der Waals surface area contributed by atoms with Crippen molar-refractivity contribution in [3.63, 3.8) is 0 Å². The predicted octanol–water partition coefficient (Wildman–Crippen LogP) is 1.50. The Morgan fingerprint density at radius 1 is 1.47 bits per heavy atom. The van der Waals surface area contributed by atoms with Gasteiger partial charge in [-0.25, -0.2) is 4.98 Å². The molecule has 0 aliphatic heterocycles. The van der Waals surface area contributed by atoms with E-state index in [4.69, 9.17) is 5.73 Å². The summed E-state index contributed by atoms with van der Waals surface area (Å²) in [5.41, 5.74) is 7.59. The van der Waals surface area contributed by atoms with Crippen molar-refractivity contribution in [3.05, 3.63) is 23.4 Å². The molecule has 1 unspecified atom stereocenters. The molecule has 1 rings (SSSR count). The average Bonchev–Trinajstić information content (AvgIpc) is 2.16. The van der Waals surface area contributed by atoms with Crippen LogP contribution in [0.3, 0.4) is 0 Å². The molecular formula is C11H18N2OS. The molecule has 0 saturated carbocycles. The third kappa shape index (κ3) is 4.64. The number of nitrogens with two attached hydrogens (primary N) is 1. The molecule has 0 saturated heterocycles. The maximum atomic E-state index is 9.29. The molecule has 0 aromatic carbocycles. The van der Waals surface area contributed by atoms with Crippen LogP contribution in [0.2, 0.25) is 0 Å². The highest BCUT2D eigenvalue weighted by molar-refractivity contribution is 7.99. The van der Waals surface area contributed by atoms with Gasteiger partial charge in [-0.3, -0.25) is 0 Å². The van der Waals surface area contributed by atoms with Crippen LogP contribution in [-0.2, 0) is 0 Å². The fraction of sp³-hybridized carbons (Fsp3) is 0.545. The lowest BCUT2D eigenvalue weighted by Gasteiger charge is -2.07. The van der Waals surface area contributed by atoms with Gasteiger partial charge >= 0.3 is 0 Å². The van der Waals surface area contributed by atoms with Gasteiger partial charge < -0.3 is 10.8 Å². The van der Waals surface area contributed by atoms with Crippen LogP contribution in [0.1, 0.15) is 17.7 Å². The second-order valence-electron chi connectivity index (χ2n) is 3.65. The summed E-state index contributed by atoms with van der Waals surface area (Å²) < 4.78 is 0. The van der Waals surface area contributed by atoms with Crippen LogP contribution in [0.4, 0.5) is 0 Å². The number of pyridine rings is 1. The summed E-state index contributed by atoms with van der Waals surface area (Å²) in [6.45, 7) is 4.39. The number of nitrogens with zero attached hydrogens (tertiary/aromatic N) is 1. The number of hydrogen-bond acceptors (Lipinski definition) is 4. The van der Waals surface area contributed by atoms with Gasteiger partial charge in [-0.15, -0.1) is 11.8 Å². The number of hydrogen-bond donors (Lipinski definition) is 2. The zero-order valence-electron chi connectivity index (χ0n) is 9.23. The summed E-state index contributed by atoms with van der Waals surface area (Å²) in [6, 6.07) is 4.12. The molecule has 1 aromatic heterocycles. The van der Waals surface area contributed by atoms with Crippen molar-refractivity contribution < 1.29 is 5.11 Å². The summed E-state index contributed by atoms with van der Waals surface area (Å²) in [4.78, 5) is 4.41. The van der Waals surface area contributed by atoms with Crippen molar-refractivity contribution >= 4 is 11.8 Å². The van der Waals surface area contributed by atoms with E-state index in [1.165, 1.54) is 5.56 Å². The second-order valence-corrected chi connectivity index (χ2v) is 4.77. The maximum absolute atomic E-state index is 9.29. The van der Waals surface area contributed by atoms with E-state index in [0.29, 0.717) is 6.54 Å². The van der Waals surface area contributed by atoms with Gasteiger partial charge in [0.15, 0.2) is 0 Å². The van der Waals surface area contributed by atoms with Gasteiger partial charge in [0.2, 0.25) is 0 Å². The van der Waals surface area contributed by atoms with E-state index in [1.807, 2.05) is 6.92 Å². The van der Waals surface area contributed by atoms with Gasteiger partial charge in [0.05, 0.1) is 11.1 Å². The van der Waals surface area contributed by atoms with E-state index in [0.717, 1.165) is 22.9 Å². The number of thioether (sulfide) groups is 1. The standard InChI is InChI=1S/C11H18N2OS/c1-8-5-9(2)13-11(6-8)15-4-3-10(14)7-12/h5-6,10,14H,3-4,7,12H2,1-2H3. The van der Waals surface area contributed by atoms with Crippen LogP contribution < -0.4 is 5.73 Å². The van der Waals surface area contributed by atoms with Crippen molar-refractivity contribution in [1.82, 2.24) is 4.98 Å². The van der Waals surface area contributed by atoms with Gasteiger partial charge in [-0.2, -0.15) is 0 Å². The van der Waals surface area contributed by atoms with Crippen molar-refractivity contribution in [2.45, 2.75) is 31.4 Å². The number of rotatable bonds is 5. The van der Waals surface area contributed by atoms with Gasteiger partial charge in [0.1, 0.15) is 0 Å². The highest BCUT2D eigenvalue weighted by atomic mass is 32.2. The Hall–Kier alpha value is -0.580. The molecule has 0 aliphatic carbocycles. The SMILES string of the molecule is Cc1cc(C)nc(SCCC(O)CN)c1. The summed E-state index contributed by atoms with van der Waals surface area (Å²) in [7, 11) is 0. The van der Waals surface area contributed by atoms with E-state index in [1.54, 1.807) is 11.8 Å². The van der Waals surface area contributed by atoms with Crippen LogP contribution in [-0.4, -0.2) is 28.5 Å². The molecule has 4 heteroatoms. The Bertz CT molecular complexity index is 297. The largest absolute Gasteiger partial charge is 0.392 e. The van der Waals surface area contributed by atoms with Gasteiger partial charge in [0, 0.05) is 18.0 Å². The van der Waals surface area contributed by atoms with E-state index < -0.39 is 0 Å². The number of aliphatic hydroxyl groups is 1. The molecule has 0 amide bonds. The summed E-state index contributed by atoms with van der Waals surface area (Å²) in [5.74, 6) is 0.855. The molecule has 0 fully saturated rings. The normalized spacial score (nSPS) is 12.8. The van der Waals surface area contributed by atoms with Crippen molar-refractivity contribution in [2.75, 3.05) is 12.3 Å². The van der Waals surface area contributed by atoms with Crippen LogP contribution in [0.25, 0.3) is 0 Å². The molecule has 15 heavy (non-hydrogen) atoms. The molecular weight excluding hydrogens is 208 g/mol. The van der Waals surface area contributed by atoms with Gasteiger partial charge in [-0.1, -0.05) is 0 Å². The predicted molar refractivity (Wildman–Crippen MR) is 64.1 cm³/mol. The first-order chi connectivity index (χ1) is 7.11. The van der Waals surface area contributed by atoms with Crippen LogP contribution in [0.15, 0.2) is 17.2 Å². The lowest BCUT2D eigenvalue weighted by molar-refractivity contribution is 0.180. The Morgan fingerprint density at radius 2 is 2.20 bits per heavy atom. The minimum absolute atomic E-state index is 0.334. The van der Waals surface area contributed by atoms with Crippen molar-refractivity contribution in [2.24, 2.45) is 5.73 Å². The zero-order valence-corrected chi connectivity index (χ0v) is 10.0. The Balaban J connectivity index is 2.43. The lowest BCUT2D eigenvalue weighted by Crippen LogP contribution is -2.20. The summed E-state index contributed by atoms with van der Waals surface area (Å²) in [6.07, 6.45) is 0.332. The third-order valence-corrected chi connectivity index (χ3v) is 2.99. The summed E-state index contributed by atoms with van der Waals surface area (Å²) >= 11 is 1.67. The number of aryl methyl sites for hydroxylation is 2. The molecule has 1 aromatic rings. The highest BCUT2D eigenvalue weighted by Gasteiger charge is 2.03. The molecule has 0 radical (unpaired) electrons. The van der Waals surface area contributed by atoms with E-state index in [-0.39, 0.29) is 6.10 Å². The average molecular weight is 226 g/mol. The minimum Gasteiger partial charge on any atom is -0.392 e. The lowest BCUT2D eigenvalue weighted by atomic mass is 10.3. The Morgan fingerprint density at radius 3 is 2.80 bits per heavy atom. The quantitative estimate of drug-likeness (QED) is 0.747. The Labute approximate surface area is 95.1 Å². The molecule has 1 heterocycles. The zero-order chi connectivity index (χ0) is 11.3. The summed E-state index contributed by atoms with van der Waals surface area (Å²) in [5, 5.41) is 10.3. The van der Waals surface area contributed by atoms with Crippen LogP contribution >= 0.6 is 11.8 Å². The first-order valence-electron chi connectivity index (χ1n) is 5.08. The highest BCUT2D eigenvalue weighted by Crippen LogP contribution is 2.18. The number of aromatic nitrogens is 1. The second kappa shape index (κ2) is 6.10. The van der Waals surface area contributed by atoms with E-state index >= 15 is 0 Å². The fourth-order valence-corrected chi connectivity index (χ4v) is 2.37. The van der Waals surface area contributed by atoms with E-state index in [9.17, 15) is 5.11 Å². The van der Waals surface area contributed by atoms with Crippen LogP contribution in [0, 0.1) is 13.8 Å². The van der Waals surface area contributed by atoms with Gasteiger partial charge in [0.25, 0.3) is 0 Å². The third-order valence-electron chi connectivity index (χ3n) is 2.05. The fourth-order valence-electron chi connectivity index (χ4n) is 1.30. The van der Waals surface area contributed by atoms with Crippen LogP contribution in [0.5, 0.6) is 0 Å². The molecule has 1 atom stereocenters. The first-order valence-corrected chi connectivity index (χ1v) is 6.06. The smallest absolute Gasteiger partial charge is 0.0965 e. The van der Waals surface area contributed by atoms with Crippen molar-refractivity contribution in [3.8, 4) is 0 Å². The van der Waals surface area contributed by atoms with Gasteiger partial charge in [-0.05, 0) is 38.0 Å². The molecule has 0 aliphatic rings. The molecule has 0 bridgehead atoms. The monoisotopic (exact) mass is 226 g/mol. The van der Waals surface area contributed by atoms with Crippen molar-refractivity contribution in [1.29, 1.82) is 0 Å². The first kappa shape index (κ1) is 12.5. The Kier molecular flexibility index (Phi) is 5.08. The molecule has 84 valence electrons. The molecule has 3 N–H and O–H groups in total. The number of aliphatic hydroxyl groups excluding tert-OH is 1. The molecule has 0 spiro atoms. The minimum atomic E-state index is -0.386. The topological polar surface area (TPSA) is 59.1 Å². The van der Waals surface area contributed by atoms with E-state index in [2.05, 4.69) is 24.0 Å². The molecule has 3 nitrogen and oxygen atoms in total. The maximum Gasteiger partial charge on any atom is 0.0965 e.